The molecule has 2 amide bonds. The lowest BCUT2D eigenvalue weighted by molar-refractivity contribution is -0.121. The van der Waals surface area contributed by atoms with Crippen molar-refractivity contribution < 1.29 is 19.1 Å². The number of thioether (sulfide) groups is 1. The highest BCUT2D eigenvalue weighted by Crippen LogP contribution is 2.56. The zero-order valence-corrected chi connectivity index (χ0v) is 15.8. The molecule has 0 aliphatic carbocycles. The molecule has 6 nitrogen and oxygen atoms in total. The molecule has 1 saturated heterocycles. The SMILES string of the molecule is COCCOc1ccc(NC(=O)C23CCC(=O)N2c2ccccc2S3)cc1. The number of anilines is 2. The Bertz CT molecular complexity index is 871. The van der Waals surface area contributed by atoms with Crippen molar-refractivity contribution in [1.82, 2.24) is 0 Å². The lowest BCUT2D eigenvalue weighted by atomic mass is 10.1. The number of carbonyl (C=O) groups is 2. The third kappa shape index (κ3) is 3.17. The van der Waals surface area contributed by atoms with Crippen LogP contribution in [0, 0.1) is 0 Å². The van der Waals surface area contributed by atoms with Crippen molar-refractivity contribution in [3.63, 3.8) is 0 Å². The summed E-state index contributed by atoms with van der Waals surface area (Å²) in [6.45, 7) is 0.986. The van der Waals surface area contributed by atoms with Gasteiger partial charge in [-0.3, -0.25) is 14.5 Å². The van der Waals surface area contributed by atoms with E-state index in [0.717, 1.165) is 10.6 Å². The first-order valence-electron chi connectivity index (χ1n) is 8.78. The molecule has 27 heavy (non-hydrogen) atoms. The molecule has 2 heterocycles. The number of para-hydroxylation sites is 1. The average Bonchev–Trinajstić information content (AvgIpc) is 3.19. The fourth-order valence-corrected chi connectivity index (χ4v) is 4.82. The van der Waals surface area contributed by atoms with Crippen LogP contribution < -0.4 is 15.0 Å². The van der Waals surface area contributed by atoms with Gasteiger partial charge in [-0.05, 0) is 42.8 Å². The molecule has 0 aromatic heterocycles. The first-order valence-corrected chi connectivity index (χ1v) is 9.60. The van der Waals surface area contributed by atoms with Gasteiger partial charge in [0.1, 0.15) is 12.4 Å². The Morgan fingerprint density at radius 3 is 2.74 bits per heavy atom. The van der Waals surface area contributed by atoms with Crippen molar-refractivity contribution in [1.29, 1.82) is 0 Å². The summed E-state index contributed by atoms with van der Waals surface area (Å²) in [4.78, 5) is 27.3. The van der Waals surface area contributed by atoms with E-state index in [1.807, 2.05) is 24.3 Å². The second-order valence-corrected chi connectivity index (χ2v) is 7.72. The van der Waals surface area contributed by atoms with Gasteiger partial charge in [-0.2, -0.15) is 0 Å². The van der Waals surface area contributed by atoms with Crippen LogP contribution in [0.2, 0.25) is 0 Å². The Morgan fingerprint density at radius 1 is 1.19 bits per heavy atom. The number of hydrogen-bond donors (Lipinski definition) is 1. The molecule has 2 aliphatic heterocycles. The minimum absolute atomic E-state index is 0.00973. The molecular formula is C20H20N2O4S. The van der Waals surface area contributed by atoms with Crippen molar-refractivity contribution in [2.45, 2.75) is 22.6 Å². The summed E-state index contributed by atoms with van der Waals surface area (Å²) in [6, 6.07) is 14.9. The van der Waals surface area contributed by atoms with E-state index >= 15 is 0 Å². The van der Waals surface area contributed by atoms with Gasteiger partial charge < -0.3 is 14.8 Å². The monoisotopic (exact) mass is 384 g/mol. The molecule has 1 N–H and O–H groups in total. The summed E-state index contributed by atoms with van der Waals surface area (Å²) in [5, 5.41) is 2.96. The van der Waals surface area contributed by atoms with Gasteiger partial charge in [0, 0.05) is 24.1 Å². The zero-order chi connectivity index (χ0) is 18.9. The van der Waals surface area contributed by atoms with E-state index in [-0.39, 0.29) is 11.8 Å². The van der Waals surface area contributed by atoms with Gasteiger partial charge in [0.05, 0.1) is 12.3 Å². The molecule has 2 aliphatic rings. The third-order valence-electron chi connectivity index (χ3n) is 4.70. The molecule has 2 aromatic rings. The van der Waals surface area contributed by atoms with Crippen molar-refractivity contribution in [3.05, 3.63) is 48.5 Å². The second-order valence-electron chi connectivity index (χ2n) is 6.40. The fraction of sp³-hybridized carbons (Fsp3) is 0.300. The second kappa shape index (κ2) is 7.25. The number of carbonyl (C=O) groups excluding carboxylic acids is 2. The number of amides is 2. The van der Waals surface area contributed by atoms with Crippen LogP contribution in [0.25, 0.3) is 0 Å². The number of nitrogens with zero attached hydrogens (tertiary/aromatic N) is 1. The Balaban J connectivity index is 1.50. The van der Waals surface area contributed by atoms with Crippen LogP contribution in [-0.4, -0.2) is 37.0 Å². The number of ether oxygens (including phenoxy) is 2. The molecule has 1 unspecified atom stereocenters. The molecule has 140 valence electrons. The highest BCUT2D eigenvalue weighted by atomic mass is 32.2. The average molecular weight is 384 g/mol. The van der Waals surface area contributed by atoms with Gasteiger partial charge in [-0.25, -0.2) is 0 Å². The number of fused-ring (bicyclic) bond motifs is 3. The number of rotatable bonds is 6. The molecule has 1 atom stereocenters. The largest absolute Gasteiger partial charge is 0.491 e. The topological polar surface area (TPSA) is 67.9 Å². The number of nitrogens with one attached hydrogen (secondary N) is 1. The summed E-state index contributed by atoms with van der Waals surface area (Å²) >= 11 is 1.46. The van der Waals surface area contributed by atoms with E-state index in [0.29, 0.717) is 37.5 Å². The fourth-order valence-electron chi connectivity index (χ4n) is 3.40. The van der Waals surface area contributed by atoms with Crippen LogP contribution in [0.1, 0.15) is 12.8 Å². The zero-order valence-electron chi connectivity index (χ0n) is 14.9. The van der Waals surface area contributed by atoms with Gasteiger partial charge >= 0.3 is 0 Å². The van der Waals surface area contributed by atoms with Crippen LogP contribution in [0.15, 0.2) is 53.4 Å². The van der Waals surface area contributed by atoms with Gasteiger partial charge in [-0.1, -0.05) is 23.9 Å². The van der Waals surface area contributed by atoms with Crippen LogP contribution in [0.3, 0.4) is 0 Å². The molecule has 0 saturated carbocycles. The van der Waals surface area contributed by atoms with E-state index in [2.05, 4.69) is 5.32 Å². The van der Waals surface area contributed by atoms with Crippen LogP contribution >= 0.6 is 11.8 Å². The van der Waals surface area contributed by atoms with Crippen LogP contribution in [0.4, 0.5) is 11.4 Å². The van der Waals surface area contributed by atoms with E-state index in [1.165, 1.54) is 11.8 Å². The quantitative estimate of drug-likeness (QED) is 0.774. The summed E-state index contributed by atoms with van der Waals surface area (Å²) in [5.74, 6) is 0.524. The van der Waals surface area contributed by atoms with Crippen molar-refractivity contribution in [2.24, 2.45) is 0 Å². The Kier molecular flexibility index (Phi) is 4.80. The maximum atomic E-state index is 13.2. The van der Waals surface area contributed by atoms with E-state index in [4.69, 9.17) is 9.47 Å². The standard InChI is InChI=1S/C20H20N2O4S/c1-25-12-13-26-15-8-6-14(7-9-15)21-19(24)20-11-10-18(23)22(20)16-4-2-3-5-17(16)27-20/h2-9H,10-13H2,1H3,(H,21,24). The minimum Gasteiger partial charge on any atom is -0.491 e. The summed E-state index contributed by atoms with van der Waals surface area (Å²) in [6.07, 6.45) is 0.871. The molecule has 0 bridgehead atoms. The van der Waals surface area contributed by atoms with Gasteiger partial charge in [0.2, 0.25) is 5.91 Å². The molecular weight excluding hydrogens is 364 g/mol. The molecule has 2 aromatic carbocycles. The van der Waals surface area contributed by atoms with Gasteiger partial charge in [-0.15, -0.1) is 0 Å². The molecule has 1 fully saturated rings. The normalized spacial score (nSPS) is 20.3. The smallest absolute Gasteiger partial charge is 0.261 e. The lowest BCUT2D eigenvalue weighted by Gasteiger charge is -2.29. The molecule has 4 rings (SSSR count). The predicted octanol–water partition coefficient (Wildman–Crippen LogP) is 3.28. The van der Waals surface area contributed by atoms with Gasteiger partial charge in [0.15, 0.2) is 4.87 Å². The summed E-state index contributed by atoms with van der Waals surface area (Å²) in [7, 11) is 1.62. The summed E-state index contributed by atoms with van der Waals surface area (Å²) < 4.78 is 10.5. The van der Waals surface area contributed by atoms with Crippen LogP contribution in [0.5, 0.6) is 5.75 Å². The molecule has 0 radical (unpaired) electrons. The predicted molar refractivity (Wildman–Crippen MR) is 104 cm³/mol. The maximum Gasteiger partial charge on any atom is 0.261 e. The molecule has 7 heteroatoms. The highest BCUT2D eigenvalue weighted by molar-refractivity contribution is 8.02. The summed E-state index contributed by atoms with van der Waals surface area (Å²) in [5.41, 5.74) is 1.49. The minimum atomic E-state index is -0.908. The van der Waals surface area contributed by atoms with Crippen molar-refractivity contribution in [2.75, 3.05) is 30.5 Å². The first kappa shape index (κ1) is 17.9. The Hall–Kier alpha value is -2.51. The lowest BCUT2D eigenvalue weighted by Crippen LogP contribution is -2.49. The van der Waals surface area contributed by atoms with Crippen molar-refractivity contribution in [3.8, 4) is 5.75 Å². The number of benzene rings is 2. The van der Waals surface area contributed by atoms with E-state index in [1.54, 1.807) is 36.3 Å². The van der Waals surface area contributed by atoms with Gasteiger partial charge in [0.25, 0.3) is 5.91 Å². The van der Waals surface area contributed by atoms with E-state index in [9.17, 15) is 9.59 Å². The number of hydrogen-bond acceptors (Lipinski definition) is 5. The Labute approximate surface area is 161 Å². The number of methoxy groups -OCH3 is 1. The van der Waals surface area contributed by atoms with Crippen LogP contribution in [-0.2, 0) is 14.3 Å². The van der Waals surface area contributed by atoms with E-state index < -0.39 is 4.87 Å². The Morgan fingerprint density at radius 2 is 1.96 bits per heavy atom. The van der Waals surface area contributed by atoms with Crippen molar-refractivity contribution >= 4 is 35.0 Å². The molecule has 0 spiro atoms. The third-order valence-corrected chi connectivity index (χ3v) is 6.17. The first-order chi connectivity index (χ1) is 13.1. The maximum absolute atomic E-state index is 13.2. The highest BCUT2D eigenvalue weighted by Gasteiger charge is 2.57.